The number of morpholine rings is 1. The number of benzene rings is 3. The number of nitrogens with zero attached hydrogens (tertiary/aromatic N) is 4. The van der Waals surface area contributed by atoms with E-state index in [4.69, 9.17) is 9.72 Å². The van der Waals surface area contributed by atoms with Crippen LogP contribution >= 0.6 is 0 Å². The molecule has 0 radical (unpaired) electrons. The quantitative estimate of drug-likeness (QED) is 0.200. The Morgan fingerprint density at radius 3 is 2.32 bits per heavy atom. The van der Waals surface area contributed by atoms with Gasteiger partial charge in [-0.25, -0.2) is 4.98 Å². The van der Waals surface area contributed by atoms with Gasteiger partial charge in [0.2, 0.25) is 0 Å². The van der Waals surface area contributed by atoms with Gasteiger partial charge in [0, 0.05) is 44.7 Å². The molecule has 6 rings (SSSR count). The molecule has 2 fully saturated rings. The standard InChI is InChI=1S/C37H47N5O2/c1-2-3-21-42(37(43)30-17-15-29(16-18-30)27-41-22-24-44-25-23-41)35(36-38-33-13-7-8-14-34(33)39-36)26-31-11-5-6-12-32(31)28-40-19-9-4-10-20-40/h5-8,11-18,35H,2-4,9-10,19-28H2,1H3,(H,38,39). The van der Waals surface area contributed by atoms with E-state index in [0.717, 1.165) is 87.7 Å². The number of hydrogen-bond donors (Lipinski definition) is 1. The van der Waals surface area contributed by atoms with Crippen LogP contribution in [0.1, 0.15) is 77.9 Å². The molecule has 7 heteroatoms. The van der Waals surface area contributed by atoms with Gasteiger partial charge in [-0.3, -0.25) is 14.6 Å². The maximum atomic E-state index is 14.4. The van der Waals surface area contributed by atoms with E-state index in [1.54, 1.807) is 0 Å². The Kier molecular flexibility index (Phi) is 10.4. The van der Waals surface area contributed by atoms with Crippen molar-refractivity contribution in [3.63, 3.8) is 0 Å². The summed E-state index contributed by atoms with van der Waals surface area (Å²) in [7, 11) is 0. The summed E-state index contributed by atoms with van der Waals surface area (Å²) in [5.74, 6) is 0.919. The van der Waals surface area contributed by atoms with Gasteiger partial charge < -0.3 is 14.6 Å². The van der Waals surface area contributed by atoms with E-state index in [2.05, 4.69) is 69.1 Å². The zero-order chi connectivity index (χ0) is 30.1. The maximum absolute atomic E-state index is 14.4. The van der Waals surface area contributed by atoms with Crippen molar-refractivity contribution in [2.45, 2.75) is 64.6 Å². The first-order valence-electron chi connectivity index (χ1n) is 16.6. The minimum atomic E-state index is -0.211. The summed E-state index contributed by atoms with van der Waals surface area (Å²) in [6.07, 6.45) is 6.54. The highest BCUT2D eigenvalue weighted by atomic mass is 16.5. The molecular weight excluding hydrogens is 546 g/mol. The molecule has 1 amide bonds. The molecule has 1 aromatic heterocycles. The number of ether oxygens (including phenoxy) is 1. The first-order valence-corrected chi connectivity index (χ1v) is 16.6. The first-order chi connectivity index (χ1) is 21.7. The second-order valence-corrected chi connectivity index (χ2v) is 12.4. The van der Waals surface area contributed by atoms with Crippen molar-refractivity contribution >= 4 is 16.9 Å². The van der Waals surface area contributed by atoms with E-state index in [9.17, 15) is 4.79 Å². The van der Waals surface area contributed by atoms with E-state index in [0.29, 0.717) is 13.0 Å². The average Bonchev–Trinajstić information content (AvgIpc) is 3.50. The van der Waals surface area contributed by atoms with Crippen LogP contribution in [0.5, 0.6) is 0 Å². The van der Waals surface area contributed by atoms with E-state index in [-0.39, 0.29) is 11.9 Å². The summed E-state index contributed by atoms with van der Waals surface area (Å²) >= 11 is 0. The molecule has 2 aliphatic rings. The van der Waals surface area contributed by atoms with Gasteiger partial charge in [-0.2, -0.15) is 0 Å². The summed E-state index contributed by atoms with van der Waals surface area (Å²) < 4.78 is 5.51. The number of para-hydroxylation sites is 2. The third-order valence-electron chi connectivity index (χ3n) is 9.20. The smallest absolute Gasteiger partial charge is 0.254 e. The molecule has 2 aliphatic heterocycles. The van der Waals surface area contributed by atoms with Crippen LogP contribution in [0.2, 0.25) is 0 Å². The topological polar surface area (TPSA) is 64.7 Å². The van der Waals surface area contributed by atoms with Crippen molar-refractivity contribution < 1.29 is 9.53 Å². The zero-order valence-electron chi connectivity index (χ0n) is 26.2. The van der Waals surface area contributed by atoms with Gasteiger partial charge in [-0.05, 0) is 73.3 Å². The Hall–Kier alpha value is -3.52. The van der Waals surface area contributed by atoms with E-state index >= 15 is 0 Å². The number of imidazole rings is 1. The fraction of sp³-hybridized carbons (Fsp3) is 0.459. The number of hydrogen-bond acceptors (Lipinski definition) is 5. The van der Waals surface area contributed by atoms with Crippen molar-refractivity contribution in [2.75, 3.05) is 45.9 Å². The number of aromatic amines is 1. The van der Waals surface area contributed by atoms with Crippen LogP contribution in [-0.2, 0) is 24.2 Å². The number of rotatable bonds is 12. The van der Waals surface area contributed by atoms with Gasteiger partial charge >= 0.3 is 0 Å². The molecule has 3 aromatic carbocycles. The normalized spacial score (nSPS) is 17.1. The predicted octanol–water partition coefficient (Wildman–Crippen LogP) is 6.61. The monoisotopic (exact) mass is 593 g/mol. The summed E-state index contributed by atoms with van der Waals surface area (Å²) in [5, 5.41) is 0. The average molecular weight is 594 g/mol. The number of carbonyl (C=O) groups excluding carboxylic acids is 1. The molecule has 7 nitrogen and oxygen atoms in total. The lowest BCUT2D eigenvalue weighted by Gasteiger charge is -2.32. The van der Waals surface area contributed by atoms with Gasteiger partial charge in [0.05, 0.1) is 30.3 Å². The lowest BCUT2D eigenvalue weighted by Crippen LogP contribution is -2.38. The lowest BCUT2D eigenvalue weighted by atomic mass is 9.97. The summed E-state index contributed by atoms with van der Waals surface area (Å²) in [6, 6.07) is 25.0. The van der Waals surface area contributed by atoms with Crippen LogP contribution < -0.4 is 0 Å². The Morgan fingerprint density at radius 2 is 1.57 bits per heavy atom. The van der Waals surface area contributed by atoms with Crippen LogP contribution in [-0.4, -0.2) is 76.5 Å². The first kappa shape index (κ1) is 30.5. The Labute approximate surface area is 262 Å². The number of H-pyrrole nitrogens is 1. The molecule has 0 spiro atoms. The van der Waals surface area contributed by atoms with Gasteiger partial charge in [0.25, 0.3) is 5.91 Å². The predicted molar refractivity (Wildman–Crippen MR) is 177 cm³/mol. The second-order valence-electron chi connectivity index (χ2n) is 12.4. The maximum Gasteiger partial charge on any atom is 0.254 e. The van der Waals surface area contributed by atoms with Gasteiger partial charge in [0.1, 0.15) is 5.82 Å². The van der Waals surface area contributed by atoms with Crippen LogP contribution in [0.15, 0.2) is 72.8 Å². The van der Waals surface area contributed by atoms with Crippen LogP contribution in [0.3, 0.4) is 0 Å². The molecule has 44 heavy (non-hydrogen) atoms. The highest BCUT2D eigenvalue weighted by Gasteiger charge is 2.30. The number of piperidine rings is 1. The summed E-state index contributed by atoms with van der Waals surface area (Å²) in [4.78, 5) is 30.2. The summed E-state index contributed by atoms with van der Waals surface area (Å²) in [5.41, 5.74) is 6.54. The second kappa shape index (κ2) is 15.0. The van der Waals surface area contributed by atoms with E-state index in [1.165, 1.54) is 36.0 Å². The molecule has 232 valence electrons. The van der Waals surface area contributed by atoms with Crippen LogP contribution in [0, 0.1) is 0 Å². The molecule has 1 unspecified atom stereocenters. The molecule has 4 aromatic rings. The fourth-order valence-corrected chi connectivity index (χ4v) is 6.63. The lowest BCUT2D eigenvalue weighted by molar-refractivity contribution is 0.0342. The molecule has 2 saturated heterocycles. The number of nitrogens with one attached hydrogen (secondary N) is 1. The highest BCUT2D eigenvalue weighted by molar-refractivity contribution is 5.94. The van der Waals surface area contributed by atoms with Crippen molar-refractivity contribution in [1.29, 1.82) is 0 Å². The molecule has 0 aliphatic carbocycles. The van der Waals surface area contributed by atoms with E-state index < -0.39 is 0 Å². The Morgan fingerprint density at radius 1 is 0.864 bits per heavy atom. The van der Waals surface area contributed by atoms with Gasteiger partial charge in [0.15, 0.2) is 0 Å². The third kappa shape index (κ3) is 7.57. The van der Waals surface area contributed by atoms with Crippen molar-refractivity contribution in [2.24, 2.45) is 0 Å². The Bertz CT molecular complexity index is 1450. The molecule has 0 saturated carbocycles. The molecule has 0 bridgehead atoms. The van der Waals surface area contributed by atoms with Crippen molar-refractivity contribution in [3.05, 3.63) is 101 Å². The number of aromatic nitrogens is 2. The number of unbranched alkanes of at least 4 members (excludes halogenated alkanes) is 1. The van der Waals surface area contributed by atoms with Crippen LogP contribution in [0.4, 0.5) is 0 Å². The van der Waals surface area contributed by atoms with Crippen molar-refractivity contribution in [3.8, 4) is 0 Å². The number of fused-ring (bicyclic) bond motifs is 1. The van der Waals surface area contributed by atoms with Gasteiger partial charge in [-0.1, -0.05) is 68.3 Å². The van der Waals surface area contributed by atoms with Gasteiger partial charge in [-0.15, -0.1) is 0 Å². The molecule has 3 heterocycles. The zero-order valence-corrected chi connectivity index (χ0v) is 26.2. The minimum Gasteiger partial charge on any atom is -0.379 e. The third-order valence-corrected chi connectivity index (χ3v) is 9.20. The largest absolute Gasteiger partial charge is 0.379 e. The van der Waals surface area contributed by atoms with Crippen LogP contribution in [0.25, 0.3) is 11.0 Å². The van der Waals surface area contributed by atoms with Crippen molar-refractivity contribution in [1.82, 2.24) is 24.7 Å². The number of likely N-dealkylation sites (tertiary alicyclic amines) is 1. The molecular formula is C37H47N5O2. The SMILES string of the molecule is CCCCN(C(=O)c1ccc(CN2CCOCC2)cc1)C(Cc1ccccc1CN1CCCCC1)c1nc2ccccc2[nH]1. The molecule has 1 atom stereocenters. The number of carbonyl (C=O) groups is 1. The number of amides is 1. The highest BCUT2D eigenvalue weighted by Crippen LogP contribution is 2.30. The summed E-state index contributed by atoms with van der Waals surface area (Å²) in [6.45, 7) is 10.5. The minimum absolute atomic E-state index is 0.0651. The molecule has 1 N–H and O–H groups in total. The Balaban J connectivity index is 1.31. The fourth-order valence-electron chi connectivity index (χ4n) is 6.63. The van der Waals surface area contributed by atoms with E-state index in [1.807, 2.05) is 30.3 Å².